The van der Waals surface area contributed by atoms with Crippen LogP contribution in [0.5, 0.6) is 0 Å². The summed E-state index contributed by atoms with van der Waals surface area (Å²) in [4.78, 5) is 8.85. The van der Waals surface area contributed by atoms with Gasteiger partial charge in [-0.2, -0.15) is 5.26 Å². The van der Waals surface area contributed by atoms with Gasteiger partial charge in [0.1, 0.15) is 11.6 Å². The van der Waals surface area contributed by atoms with Crippen molar-refractivity contribution in [3.63, 3.8) is 0 Å². The number of benzene rings is 1. The first kappa shape index (κ1) is 13.7. The number of imidazole rings is 2. The van der Waals surface area contributed by atoms with Gasteiger partial charge >= 0.3 is 0 Å². The maximum Gasteiger partial charge on any atom is 0.124 e. The standard InChI is InChI=1S/C15H14ClN5/c1-20-7-5-18-14(20)4-6-21-13-8-11(10-17)2-3-12(13)19-15(21)9-16/h2-3,5,7-8H,4,6,9H2,1H3. The number of fused-ring (bicyclic) bond motifs is 1. The zero-order valence-electron chi connectivity index (χ0n) is 11.6. The highest BCUT2D eigenvalue weighted by Gasteiger charge is 2.11. The maximum absolute atomic E-state index is 9.05. The first-order valence-corrected chi connectivity index (χ1v) is 7.18. The van der Waals surface area contributed by atoms with E-state index in [0.717, 1.165) is 35.6 Å². The van der Waals surface area contributed by atoms with Crippen molar-refractivity contribution in [2.24, 2.45) is 7.05 Å². The predicted molar refractivity (Wildman–Crippen MR) is 80.9 cm³/mol. The Bertz CT molecular complexity index is 824. The highest BCUT2D eigenvalue weighted by atomic mass is 35.5. The van der Waals surface area contributed by atoms with Gasteiger partial charge in [-0.15, -0.1) is 11.6 Å². The quantitative estimate of drug-likeness (QED) is 0.696. The fraction of sp³-hybridized carbons (Fsp3) is 0.267. The van der Waals surface area contributed by atoms with Crippen LogP contribution in [0.1, 0.15) is 17.2 Å². The van der Waals surface area contributed by atoms with Crippen LogP contribution in [-0.2, 0) is 25.9 Å². The maximum atomic E-state index is 9.05. The summed E-state index contributed by atoms with van der Waals surface area (Å²) in [6, 6.07) is 7.66. The molecule has 106 valence electrons. The number of hydrogen-bond acceptors (Lipinski definition) is 3. The third-order valence-electron chi connectivity index (χ3n) is 3.56. The van der Waals surface area contributed by atoms with Gasteiger partial charge in [0.2, 0.25) is 0 Å². The van der Waals surface area contributed by atoms with E-state index in [-0.39, 0.29) is 0 Å². The molecular weight excluding hydrogens is 286 g/mol. The van der Waals surface area contributed by atoms with Gasteiger partial charge in [-0.05, 0) is 18.2 Å². The van der Waals surface area contributed by atoms with Gasteiger partial charge in [-0.25, -0.2) is 9.97 Å². The second-order valence-electron chi connectivity index (χ2n) is 4.83. The van der Waals surface area contributed by atoms with Crippen LogP contribution in [-0.4, -0.2) is 19.1 Å². The van der Waals surface area contributed by atoms with Crippen molar-refractivity contribution in [3.05, 3.63) is 47.8 Å². The van der Waals surface area contributed by atoms with E-state index in [0.29, 0.717) is 11.4 Å². The van der Waals surface area contributed by atoms with Gasteiger partial charge in [0, 0.05) is 32.4 Å². The Morgan fingerprint density at radius 1 is 1.33 bits per heavy atom. The van der Waals surface area contributed by atoms with Gasteiger partial charge in [0.25, 0.3) is 0 Å². The van der Waals surface area contributed by atoms with Crippen LogP contribution in [0.15, 0.2) is 30.6 Å². The molecule has 2 aromatic heterocycles. The largest absolute Gasteiger partial charge is 0.338 e. The molecule has 21 heavy (non-hydrogen) atoms. The topological polar surface area (TPSA) is 59.4 Å². The van der Waals surface area contributed by atoms with E-state index >= 15 is 0 Å². The summed E-state index contributed by atoms with van der Waals surface area (Å²) in [5.41, 5.74) is 2.44. The molecule has 0 N–H and O–H groups in total. The van der Waals surface area contributed by atoms with Crippen LogP contribution in [0.25, 0.3) is 11.0 Å². The lowest BCUT2D eigenvalue weighted by Crippen LogP contribution is -2.08. The van der Waals surface area contributed by atoms with Crippen LogP contribution in [0.4, 0.5) is 0 Å². The fourth-order valence-corrected chi connectivity index (χ4v) is 2.65. The Kier molecular flexibility index (Phi) is 3.63. The first-order chi connectivity index (χ1) is 10.2. The van der Waals surface area contributed by atoms with E-state index < -0.39 is 0 Å². The Morgan fingerprint density at radius 3 is 2.86 bits per heavy atom. The zero-order chi connectivity index (χ0) is 14.8. The minimum absolute atomic E-state index is 0.344. The van der Waals surface area contributed by atoms with E-state index in [4.69, 9.17) is 16.9 Å². The van der Waals surface area contributed by atoms with Crippen molar-refractivity contribution in [3.8, 4) is 6.07 Å². The molecule has 0 bridgehead atoms. The van der Waals surface area contributed by atoms with Crippen molar-refractivity contribution in [2.75, 3.05) is 0 Å². The molecule has 3 aromatic rings. The summed E-state index contributed by atoms with van der Waals surface area (Å²) in [6.07, 6.45) is 4.50. The molecule has 0 saturated carbocycles. The smallest absolute Gasteiger partial charge is 0.124 e. The van der Waals surface area contributed by atoms with Crippen molar-refractivity contribution in [2.45, 2.75) is 18.8 Å². The SMILES string of the molecule is Cn1ccnc1CCn1c(CCl)nc2ccc(C#N)cc21. The normalized spacial score (nSPS) is 10.9. The van der Waals surface area contributed by atoms with E-state index in [9.17, 15) is 0 Å². The van der Waals surface area contributed by atoms with Crippen molar-refractivity contribution < 1.29 is 0 Å². The van der Waals surface area contributed by atoms with Gasteiger partial charge in [0.15, 0.2) is 0 Å². The van der Waals surface area contributed by atoms with Crippen LogP contribution >= 0.6 is 11.6 Å². The molecule has 3 rings (SSSR count). The molecule has 0 aliphatic heterocycles. The van der Waals surface area contributed by atoms with Gasteiger partial charge < -0.3 is 9.13 Å². The molecule has 0 aliphatic rings. The van der Waals surface area contributed by atoms with Gasteiger partial charge in [-0.3, -0.25) is 0 Å². The molecule has 0 aliphatic carbocycles. The Morgan fingerprint density at radius 2 is 2.19 bits per heavy atom. The lowest BCUT2D eigenvalue weighted by atomic mass is 10.2. The molecule has 1 aromatic carbocycles. The first-order valence-electron chi connectivity index (χ1n) is 6.64. The fourth-order valence-electron chi connectivity index (χ4n) is 2.44. The Balaban J connectivity index is 1.99. The predicted octanol–water partition coefficient (Wildman–Crippen LogP) is 2.62. The number of alkyl halides is 1. The van der Waals surface area contributed by atoms with E-state index in [1.165, 1.54) is 0 Å². The molecule has 0 atom stereocenters. The second kappa shape index (κ2) is 5.58. The molecule has 0 amide bonds. The second-order valence-corrected chi connectivity index (χ2v) is 5.10. The van der Waals surface area contributed by atoms with Crippen LogP contribution in [0.2, 0.25) is 0 Å². The van der Waals surface area contributed by atoms with E-state index in [2.05, 4.69) is 20.6 Å². The van der Waals surface area contributed by atoms with E-state index in [1.54, 1.807) is 12.3 Å². The van der Waals surface area contributed by atoms with Gasteiger partial charge in [-0.1, -0.05) is 0 Å². The molecular formula is C15H14ClN5. The molecule has 0 unspecified atom stereocenters. The number of rotatable bonds is 4. The van der Waals surface area contributed by atoms with Crippen molar-refractivity contribution in [1.82, 2.24) is 19.1 Å². The number of nitriles is 1. The number of nitrogens with zero attached hydrogens (tertiary/aromatic N) is 5. The monoisotopic (exact) mass is 299 g/mol. The van der Waals surface area contributed by atoms with Crippen molar-refractivity contribution >= 4 is 22.6 Å². The molecule has 5 nitrogen and oxygen atoms in total. The van der Waals surface area contributed by atoms with Crippen LogP contribution in [0.3, 0.4) is 0 Å². The summed E-state index contributed by atoms with van der Waals surface area (Å²) in [7, 11) is 1.98. The molecule has 6 heteroatoms. The highest BCUT2D eigenvalue weighted by molar-refractivity contribution is 6.16. The lowest BCUT2D eigenvalue weighted by molar-refractivity contribution is 0.646. The molecule has 0 radical (unpaired) electrons. The summed E-state index contributed by atoms with van der Waals surface area (Å²) >= 11 is 6.00. The third-order valence-corrected chi connectivity index (χ3v) is 3.79. The van der Waals surface area contributed by atoms with E-state index in [1.807, 2.05) is 29.9 Å². The number of hydrogen-bond donors (Lipinski definition) is 0. The minimum Gasteiger partial charge on any atom is -0.338 e. The molecule has 0 saturated heterocycles. The highest BCUT2D eigenvalue weighted by Crippen LogP contribution is 2.19. The minimum atomic E-state index is 0.344. The molecule has 0 spiro atoms. The Hall–Kier alpha value is -2.32. The molecule has 0 fully saturated rings. The van der Waals surface area contributed by atoms with Crippen molar-refractivity contribution in [1.29, 1.82) is 5.26 Å². The Labute approximate surface area is 127 Å². The third kappa shape index (κ3) is 2.50. The summed E-state index contributed by atoms with van der Waals surface area (Å²) in [5, 5.41) is 9.05. The van der Waals surface area contributed by atoms with Gasteiger partial charge in [0.05, 0.1) is 28.5 Å². The van der Waals surface area contributed by atoms with Crippen LogP contribution in [0, 0.1) is 11.3 Å². The summed E-state index contributed by atoms with van der Waals surface area (Å²) < 4.78 is 4.07. The zero-order valence-corrected chi connectivity index (χ0v) is 12.4. The van der Waals surface area contributed by atoms with Crippen LogP contribution < -0.4 is 0 Å². The summed E-state index contributed by atoms with van der Waals surface area (Å²) in [6.45, 7) is 0.734. The summed E-state index contributed by atoms with van der Waals surface area (Å²) in [5.74, 6) is 2.17. The molecule has 2 heterocycles. The number of halogens is 1. The number of aromatic nitrogens is 4. The lowest BCUT2D eigenvalue weighted by Gasteiger charge is -2.08. The average molecular weight is 300 g/mol. The number of aryl methyl sites for hydroxylation is 3. The average Bonchev–Trinajstić information content (AvgIpc) is 3.07.